The number of aromatic nitrogens is 3. The standard InChI is InChI=1S/C20H33N5O3/c1-20(2,3)28-19(27)21-12-7-11-17(26)24-14-8-9-15(24)18-23-22-16-10-5-4-6-13-25(16)18/h15H,4-14H2,1-3H3,(H,21,27). The number of hydrogen-bond acceptors (Lipinski definition) is 5. The van der Waals surface area contributed by atoms with E-state index in [4.69, 9.17) is 4.74 Å². The van der Waals surface area contributed by atoms with Crippen molar-refractivity contribution in [2.24, 2.45) is 0 Å². The van der Waals surface area contributed by atoms with Crippen LogP contribution in [0.4, 0.5) is 4.79 Å². The highest BCUT2D eigenvalue weighted by Gasteiger charge is 2.34. The van der Waals surface area contributed by atoms with Crippen LogP contribution in [0.2, 0.25) is 0 Å². The third kappa shape index (κ3) is 5.23. The van der Waals surface area contributed by atoms with Crippen LogP contribution in [0.15, 0.2) is 0 Å². The van der Waals surface area contributed by atoms with Crippen molar-refractivity contribution in [2.45, 2.75) is 90.3 Å². The van der Waals surface area contributed by atoms with Gasteiger partial charge in [-0.25, -0.2) is 4.79 Å². The molecule has 1 aromatic rings. The summed E-state index contributed by atoms with van der Waals surface area (Å²) in [6, 6.07) is 0.0330. The lowest BCUT2D eigenvalue weighted by atomic mass is 10.2. The van der Waals surface area contributed by atoms with Gasteiger partial charge >= 0.3 is 6.09 Å². The molecule has 1 N–H and O–H groups in total. The van der Waals surface area contributed by atoms with Crippen molar-refractivity contribution in [1.82, 2.24) is 25.0 Å². The van der Waals surface area contributed by atoms with Gasteiger partial charge in [-0.1, -0.05) is 6.42 Å². The summed E-state index contributed by atoms with van der Waals surface area (Å²) in [6.45, 7) is 7.64. The number of hydrogen-bond donors (Lipinski definition) is 1. The molecule has 2 amide bonds. The molecule has 0 saturated carbocycles. The van der Waals surface area contributed by atoms with E-state index in [9.17, 15) is 9.59 Å². The van der Waals surface area contributed by atoms with Crippen molar-refractivity contribution in [3.05, 3.63) is 11.6 Å². The smallest absolute Gasteiger partial charge is 0.407 e. The number of amides is 2. The van der Waals surface area contributed by atoms with Crippen molar-refractivity contribution >= 4 is 12.0 Å². The second-order valence-electron chi connectivity index (χ2n) is 8.71. The maximum Gasteiger partial charge on any atom is 0.407 e. The third-order valence-electron chi connectivity index (χ3n) is 5.24. The van der Waals surface area contributed by atoms with E-state index in [1.165, 1.54) is 6.42 Å². The SMILES string of the molecule is CC(C)(C)OC(=O)NCCCC(=O)N1CCCC1c1nnc2n1CCCCC2. The molecule has 28 heavy (non-hydrogen) atoms. The number of aryl methyl sites for hydroxylation is 1. The lowest BCUT2D eigenvalue weighted by Gasteiger charge is -2.25. The molecule has 8 nitrogen and oxygen atoms in total. The summed E-state index contributed by atoms with van der Waals surface area (Å²) in [6.07, 6.45) is 7.02. The molecule has 0 aliphatic carbocycles. The Morgan fingerprint density at radius 2 is 1.96 bits per heavy atom. The summed E-state index contributed by atoms with van der Waals surface area (Å²) in [7, 11) is 0. The van der Waals surface area contributed by atoms with E-state index >= 15 is 0 Å². The molecular weight excluding hydrogens is 358 g/mol. The summed E-state index contributed by atoms with van der Waals surface area (Å²) >= 11 is 0. The van der Waals surface area contributed by atoms with Gasteiger partial charge < -0.3 is 19.5 Å². The Kier molecular flexibility index (Phi) is 6.57. The molecule has 2 aliphatic heterocycles. The summed E-state index contributed by atoms with van der Waals surface area (Å²) < 4.78 is 7.45. The molecule has 0 radical (unpaired) electrons. The Morgan fingerprint density at radius 1 is 1.14 bits per heavy atom. The van der Waals surface area contributed by atoms with E-state index in [1.54, 1.807) is 0 Å². The lowest BCUT2D eigenvalue weighted by Crippen LogP contribution is -2.34. The number of carbonyl (C=O) groups is 2. The van der Waals surface area contributed by atoms with Crippen LogP contribution in [0.5, 0.6) is 0 Å². The molecule has 0 bridgehead atoms. The Morgan fingerprint density at radius 3 is 2.75 bits per heavy atom. The van der Waals surface area contributed by atoms with Crippen LogP contribution < -0.4 is 5.32 Å². The maximum atomic E-state index is 12.8. The van der Waals surface area contributed by atoms with Gasteiger partial charge in [-0.2, -0.15) is 0 Å². The molecule has 8 heteroatoms. The second-order valence-corrected chi connectivity index (χ2v) is 8.71. The number of likely N-dealkylation sites (tertiary alicyclic amines) is 1. The molecule has 1 saturated heterocycles. The van der Waals surface area contributed by atoms with Crippen molar-refractivity contribution < 1.29 is 14.3 Å². The Hall–Kier alpha value is -2.12. The van der Waals surface area contributed by atoms with Gasteiger partial charge in [0.05, 0.1) is 6.04 Å². The van der Waals surface area contributed by atoms with E-state index in [2.05, 4.69) is 20.1 Å². The highest BCUT2D eigenvalue weighted by atomic mass is 16.6. The minimum Gasteiger partial charge on any atom is -0.444 e. The zero-order valence-electron chi connectivity index (χ0n) is 17.4. The molecule has 156 valence electrons. The van der Waals surface area contributed by atoms with E-state index in [1.807, 2.05) is 25.7 Å². The van der Waals surface area contributed by atoms with Crippen LogP contribution in [-0.2, 0) is 22.5 Å². The van der Waals surface area contributed by atoms with E-state index in [0.717, 1.165) is 56.8 Å². The van der Waals surface area contributed by atoms with E-state index in [0.29, 0.717) is 19.4 Å². The van der Waals surface area contributed by atoms with E-state index < -0.39 is 11.7 Å². The summed E-state index contributed by atoms with van der Waals surface area (Å²) in [4.78, 5) is 26.4. The number of carbonyl (C=O) groups excluding carboxylic acids is 2. The van der Waals surface area contributed by atoms with Crippen LogP contribution in [0.25, 0.3) is 0 Å². The fourth-order valence-electron chi connectivity index (χ4n) is 3.98. The predicted octanol–water partition coefficient (Wildman–Crippen LogP) is 2.97. The van der Waals surface area contributed by atoms with Gasteiger partial charge in [0.1, 0.15) is 11.4 Å². The monoisotopic (exact) mass is 391 g/mol. The zero-order chi connectivity index (χ0) is 20.1. The van der Waals surface area contributed by atoms with Crippen LogP contribution in [0.3, 0.4) is 0 Å². The average molecular weight is 392 g/mol. The fraction of sp³-hybridized carbons (Fsp3) is 0.800. The number of nitrogens with zero attached hydrogens (tertiary/aromatic N) is 4. The average Bonchev–Trinajstić information content (AvgIpc) is 3.18. The molecule has 1 unspecified atom stereocenters. The van der Waals surface area contributed by atoms with Crippen molar-refractivity contribution in [3.8, 4) is 0 Å². The zero-order valence-corrected chi connectivity index (χ0v) is 17.4. The van der Waals surface area contributed by atoms with Gasteiger partial charge in [0.25, 0.3) is 0 Å². The number of ether oxygens (including phenoxy) is 1. The lowest BCUT2D eigenvalue weighted by molar-refractivity contribution is -0.132. The first-order valence-corrected chi connectivity index (χ1v) is 10.5. The van der Waals surface area contributed by atoms with Crippen molar-refractivity contribution in [3.63, 3.8) is 0 Å². The Bertz CT molecular complexity index is 695. The molecule has 1 fully saturated rings. The third-order valence-corrected chi connectivity index (χ3v) is 5.24. The predicted molar refractivity (Wildman–Crippen MR) is 105 cm³/mol. The van der Waals surface area contributed by atoms with Crippen LogP contribution in [0, 0.1) is 0 Å². The summed E-state index contributed by atoms with van der Waals surface area (Å²) in [5, 5.41) is 11.6. The summed E-state index contributed by atoms with van der Waals surface area (Å²) in [5.74, 6) is 2.14. The number of nitrogens with one attached hydrogen (secondary N) is 1. The molecule has 1 aromatic heterocycles. The minimum absolute atomic E-state index is 0.0330. The van der Waals surface area contributed by atoms with E-state index in [-0.39, 0.29) is 11.9 Å². The first kappa shape index (κ1) is 20.6. The first-order valence-electron chi connectivity index (χ1n) is 10.5. The minimum atomic E-state index is -0.515. The molecule has 2 aliphatic rings. The Balaban J connectivity index is 1.51. The van der Waals surface area contributed by atoms with Crippen molar-refractivity contribution in [2.75, 3.05) is 13.1 Å². The van der Waals surface area contributed by atoms with Gasteiger partial charge in [0.2, 0.25) is 5.91 Å². The van der Waals surface area contributed by atoms with Crippen LogP contribution in [0.1, 0.15) is 83.4 Å². The number of fused-ring (bicyclic) bond motifs is 1. The summed E-state index contributed by atoms with van der Waals surface area (Å²) in [5.41, 5.74) is -0.515. The quantitative estimate of drug-likeness (QED) is 0.780. The highest BCUT2D eigenvalue weighted by Crippen LogP contribution is 2.32. The van der Waals surface area contributed by atoms with Gasteiger partial charge in [0.15, 0.2) is 5.82 Å². The first-order chi connectivity index (χ1) is 13.3. The van der Waals surface area contributed by atoms with Crippen LogP contribution >= 0.6 is 0 Å². The molecule has 1 atom stereocenters. The normalized spacial score (nSPS) is 19.8. The maximum absolute atomic E-state index is 12.8. The number of alkyl carbamates (subject to hydrolysis) is 1. The van der Waals surface area contributed by atoms with Crippen molar-refractivity contribution in [1.29, 1.82) is 0 Å². The largest absolute Gasteiger partial charge is 0.444 e. The van der Waals surface area contributed by atoms with Gasteiger partial charge in [-0.05, 0) is 52.9 Å². The van der Waals surface area contributed by atoms with Gasteiger partial charge in [-0.15, -0.1) is 10.2 Å². The molecule has 0 spiro atoms. The van der Waals surface area contributed by atoms with Crippen LogP contribution in [-0.4, -0.2) is 50.4 Å². The Labute approximate surface area is 167 Å². The highest BCUT2D eigenvalue weighted by molar-refractivity contribution is 5.77. The molecule has 3 heterocycles. The molecule has 3 rings (SSSR count). The molecular formula is C20H33N5O3. The second kappa shape index (κ2) is 8.92. The van der Waals surface area contributed by atoms with Gasteiger partial charge in [-0.3, -0.25) is 4.79 Å². The fourth-order valence-corrected chi connectivity index (χ4v) is 3.98. The topological polar surface area (TPSA) is 89.3 Å². The number of rotatable bonds is 5. The van der Waals surface area contributed by atoms with Gasteiger partial charge in [0, 0.05) is 32.5 Å². The molecule has 0 aromatic carbocycles.